The average Bonchev–Trinajstić information content (AvgIpc) is 2.69. The van der Waals surface area contributed by atoms with Gasteiger partial charge in [0.2, 0.25) is 11.8 Å². The molecule has 0 N–H and O–H groups in total. The Morgan fingerprint density at radius 2 is 2.08 bits per heavy atom. The monoisotopic (exact) mass is 353 g/mol. The Balaban J connectivity index is 1.67. The molecule has 1 atom stereocenters. The molecule has 1 saturated carbocycles. The number of rotatable bonds is 5. The molecule has 0 radical (unpaired) electrons. The molecule has 1 aliphatic heterocycles. The summed E-state index contributed by atoms with van der Waals surface area (Å²) in [5.74, 6) is 2.72. The summed E-state index contributed by atoms with van der Waals surface area (Å²) in [6.07, 6.45) is 13.9. The first kappa shape index (κ1) is 18.4. The average molecular weight is 353 g/mol. The lowest BCUT2D eigenvalue weighted by molar-refractivity contribution is -0.145. The summed E-state index contributed by atoms with van der Waals surface area (Å²) in [6, 6.07) is 5.94. The number of carbonyl (C=O) groups excluding carboxylic acids is 2. The smallest absolute Gasteiger partial charge is 0.228 e. The van der Waals surface area contributed by atoms with Gasteiger partial charge in [0.15, 0.2) is 0 Å². The van der Waals surface area contributed by atoms with Gasteiger partial charge in [-0.25, -0.2) is 0 Å². The topological polar surface area (TPSA) is 53.5 Å². The molecule has 0 aromatic carbocycles. The summed E-state index contributed by atoms with van der Waals surface area (Å²) in [5, 5.41) is 0. The lowest BCUT2D eigenvalue weighted by Crippen LogP contribution is -2.50. The summed E-state index contributed by atoms with van der Waals surface area (Å²) < 4.78 is 0. The van der Waals surface area contributed by atoms with Gasteiger partial charge >= 0.3 is 0 Å². The fourth-order valence-electron chi connectivity index (χ4n) is 4.07. The zero-order valence-corrected chi connectivity index (χ0v) is 15.3. The first-order chi connectivity index (χ1) is 12.7. The van der Waals surface area contributed by atoms with Crippen LogP contribution in [0.3, 0.4) is 0 Å². The van der Waals surface area contributed by atoms with Crippen LogP contribution in [-0.4, -0.2) is 45.7 Å². The standard InChI is InChI=1S/C21H27N3O2/c1-2-14-24(19-9-4-3-5-10-19)21(26)17-11-12-20(25)23(15-17)16-18-8-6-7-13-22-18/h1,6-8,13,17,19H,3-5,9-12,14-16H2/t17-/m0/s1. The molecule has 1 aliphatic carbocycles. The van der Waals surface area contributed by atoms with Crippen molar-refractivity contribution in [2.75, 3.05) is 13.1 Å². The maximum atomic E-state index is 13.2. The summed E-state index contributed by atoms with van der Waals surface area (Å²) in [6.45, 7) is 1.29. The SMILES string of the molecule is C#CCN(C(=O)[C@H]1CCC(=O)N(Cc2ccccn2)C1)C1CCCCC1. The van der Waals surface area contributed by atoms with Crippen LogP contribution in [0.4, 0.5) is 0 Å². The number of likely N-dealkylation sites (tertiary alicyclic amines) is 1. The first-order valence-corrected chi connectivity index (χ1v) is 9.60. The fourth-order valence-corrected chi connectivity index (χ4v) is 4.07. The van der Waals surface area contributed by atoms with E-state index in [0.717, 1.165) is 31.4 Å². The second-order valence-electron chi connectivity index (χ2n) is 7.29. The van der Waals surface area contributed by atoms with Crippen molar-refractivity contribution >= 4 is 11.8 Å². The molecule has 2 aliphatic rings. The van der Waals surface area contributed by atoms with E-state index in [4.69, 9.17) is 6.42 Å². The third-order valence-electron chi connectivity index (χ3n) is 5.49. The molecule has 0 spiro atoms. The van der Waals surface area contributed by atoms with Crippen molar-refractivity contribution in [3.05, 3.63) is 30.1 Å². The molecular weight excluding hydrogens is 326 g/mol. The van der Waals surface area contributed by atoms with E-state index in [1.807, 2.05) is 23.1 Å². The number of hydrogen-bond donors (Lipinski definition) is 0. The molecule has 0 bridgehead atoms. The van der Waals surface area contributed by atoms with E-state index in [2.05, 4.69) is 10.9 Å². The van der Waals surface area contributed by atoms with E-state index in [0.29, 0.717) is 32.5 Å². The van der Waals surface area contributed by atoms with Crippen LogP contribution in [0.5, 0.6) is 0 Å². The number of terminal acetylenes is 1. The Morgan fingerprint density at radius 3 is 2.77 bits per heavy atom. The maximum Gasteiger partial charge on any atom is 0.228 e. The van der Waals surface area contributed by atoms with Crippen molar-refractivity contribution in [3.8, 4) is 12.3 Å². The van der Waals surface area contributed by atoms with Crippen LogP contribution in [0.25, 0.3) is 0 Å². The number of hydrogen-bond acceptors (Lipinski definition) is 3. The van der Waals surface area contributed by atoms with E-state index < -0.39 is 0 Å². The number of carbonyl (C=O) groups is 2. The molecule has 0 unspecified atom stereocenters. The third kappa shape index (κ3) is 4.43. The predicted octanol–water partition coefficient (Wildman–Crippen LogP) is 2.61. The molecule has 1 saturated heterocycles. The van der Waals surface area contributed by atoms with E-state index in [1.54, 1.807) is 11.1 Å². The van der Waals surface area contributed by atoms with Crippen LogP contribution >= 0.6 is 0 Å². The predicted molar refractivity (Wildman–Crippen MR) is 99.8 cm³/mol. The molecule has 1 aromatic heterocycles. The number of aromatic nitrogens is 1. The van der Waals surface area contributed by atoms with Crippen LogP contribution in [0.15, 0.2) is 24.4 Å². The minimum Gasteiger partial charge on any atom is -0.336 e. The Labute approximate surface area is 155 Å². The number of nitrogens with zero attached hydrogens (tertiary/aromatic N) is 3. The summed E-state index contributed by atoms with van der Waals surface area (Å²) >= 11 is 0. The maximum absolute atomic E-state index is 13.2. The number of amides is 2. The normalized spacial score (nSPS) is 21.3. The van der Waals surface area contributed by atoms with E-state index in [9.17, 15) is 9.59 Å². The first-order valence-electron chi connectivity index (χ1n) is 9.60. The number of pyridine rings is 1. The minimum atomic E-state index is -0.160. The third-order valence-corrected chi connectivity index (χ3v) is 5.49. The van der Waals surface area contributed by atoms with Crippen LogP contribution < -0.4 is 0 Å². The molecule has 138 valence electrons. The van der Waals surface area contributed by atoms with E-state index in [1.165, 1.54) is 6.42 Å². The van der Waals surface area contributed by atoms with Gasteiger partial charge in [-0.05, 0) is 31.4 Å². The molecule has 2 heterocycles. The van der Waals surface area contributed by atoms with Crippen molar-refractivity contribution < 1.29 is 9.59 Å². The Bertz CT molecular complexity index is 662. The van der Waals surface area contributed by atoms with E-state index in [-0.39, 0.29) is 23.8 Å². The fraction of sp³-hybridized carbons (Fsp3) is 0.571. The summed E-state index contributed by atoms with van der Waals surface area (Å²) in [7, 11) is 0. The van der Waals surface area contributed by atoms with Crippen molar-refractivity contribution in [3.63, 3.8) is 0 Å². The van der Waals surface area contributed by atoms with Crippen LogP contribution in [0.2, 0.25) is 0 Å². The van der Waals surface area contributed by atoms with Crippen LogP contribution in [0, 0.1) is 18.3 Å². The zero-order chi connectivity index (χ0) is 18.4. The molecule has 3 rings (SSSR count). The summed E-state index contributed by atoms with van der Waals surface area (Å²) in [4.78, 5) is 33.4. The largest absolute Gasteiger partial charge is 0.336 e. The Kier molecular flexibility index (Phi) is 6.27. The highest BCUT2D eigenvalue weighted by molar-refractivity contribution is 5.84. The van der Waals surface area contributed by atoms with Gasteiger partial charge in [-0.2, -0.15) is 0 Å². The molecule has 2 fully saturated rings. The molecule has 1 aromatic rings. The van der Waals surface area contributed by atoms with Gasteiger partial charge in [-0.1, -0.05) is 31.2 Å². The van der Waals surface area contributed by atoms with Crippen LogP contribution in [0.1, 0.15) is 50.6 Å². The van der Waals surface area contributed by atoms with Crippen molar-refractivity contribution in [2.24, 2.45) is 5.92 Å². The lowest BCUT2D eigenvalue weighted by Gasteiger charge is -2.38. The molecule has 5 heteroatoms. The highest BCUT2D eigenvalue weighted by atomic mass is 16.2. The van der Waals surface area contributed by atoms with Gasteiger partial charge < -0.3 is 9.80 Å². The van der Waals surface area contributed by atoms with Gasteiger partial charge in [-0.3, -0.25) is 14.6 Å². The Morgan fingerprint density at radius 1 is 1.27 bits per heavy atom. The van der Waals surface area contributed by atoms with Crippen LogP contribution in [-0.2, 0) is 16.1 Å². The lowest BCUT2D eigenvalue weighted by atomic mass is 9.91. The zero-order valence-electron chi connectivity index (χ0n) is 15.3. The van der Waals surface area contributed by atoms with Crippen molar-refractivity contribution in [1.82, 2.24) is 14.8 Å². The van der Waals surface area contributed by atoms with Gasteiger partial charge in [0.05, 0.1) is 24.7 Å². The van der Waals surface area contributed by atoms with E-state index >= 15 is 0 Å². The van der Waals surface area contributed by atoms with Gasteiger partial charge in [0.1, 0.15) is 0 Å². The second kappa shape index (κ2) is 8.84. The van der Waals surface area contributed by atoms with Gasteiger partial charge in [0.25, 0.3) is 0 Å². The molecule has 2 amide bonds. The molecular formula is C21H27N3O2. The molecule has 26 heavy (non-hydrogen) atoms. The highest BCUT2D eigenvalue weighted by Gasteiger charge is 2.35. The quantitative estimate of drug-likeness (QED) is 0.765. The molecule has 5 nitrogen and oxygen atoms in total. The van der Waals surface area contributed by atoms with Crippen molar-refractivity contribution in [2.45, 2.75) is 57.5 Å². The Hall–Kier alpha value is -2.35. The second-order valence-corrected chi connectivity index (χ2v) is 7.29. The summed E-state index contributed by atoms with van der Waals surface area (Å²) in [5.41, 5.74) is 0.849. The van der Waals surface area contributed by atoms with Gasteiger partial charge in [0, 0.05) is 25.2 Å². The van der Waals surface area contributed by atoms with Gasteiger partial charge in [-0.15, -0.1) is 6.42 Å². The number of piperidine rings is 1. The minimum absolute atomic E-state index is 0.0980. The highest BCUT2D eigenvalue weighted by Crippen LogP contribution is 2.27. The van der Waals surface area contributed by atoms with Crippen molar-refractivity contribution in [1.29, 1.82) is 0 Å².